The van der Waals surface area contributed by atoms with Crippen molar-refractivity contribution in [3.63, 3.8) is 0 Å². The summed E-state index contributed by atoms with van der Waals surface area (Å²) in [6, 6.07) is 22.2. The van der Waals surface area contributed by atoms with Crippen LogP contribution in [0.4, 0.5) is 5.69 Å². The smallest absolute Gasteiger partial charge is 0.320 e. The zero-order valence-electron chi connectivity index (χ0n) is 15.2. The average Bonchev–Trinajstić information content (AvgIpc) is 3.06. The summed E-state index contributed by atoms with van der Waals surface area (Å²) in [7, 11) is -3.91. The van der Waals surface area contributed by atoms with Gasteiger partial charge in [0.1, 0.15) is 5.41 Å². The summed E-state index contributed by atoms with van der Waals surface area (Å²) in [5.74, 6) is -1.08. The minimum Gasteiger partial charge on any atom is -0.480 e. The molecule has 1 heterocycles. The van der Waals surface area contributed by atoms with Crippen LogP contribution in [0.3, 0.4) is 0 Å². The zero-order valence-corrected chi connectivity index (χ0v) is 16.1. The Labute approximate surface area is 163 Å². The van der Waals surface area contributed by atoms with Gasteiger partial charge in [0, 0.05) is 5.56 Å². The van der Waals surface area contributed by atoms with Crippen LogP contribution in [0.1, 0.15) is 16.7 Å². The molecule has 0 aliphatic carbocycles. The molecular weight excluding hydrogens is 374 g/mol. The molecule has 0 saturated carbocycles. The van der Waals surface area contributed by atoms with Gasteiger partial charge in [-0.2, -0.15) is 0 Å². The van der Waals surface area contributed by atoms with Crippen molar-refractivity contribution >= 4 is 21.7 Å². The predicted molar refractivity (Wildman–Crippen MR) is 107 cm³/mol. The van der Waals surface area contributed by atoms with E-state index in [1.54, 1.807) is 78.9 Å². The van der Waals surface area contributed by atoms with Crippen molar-refractivity contribution in [2.75, 3.05) is 10.8 Å². The summed E-state index contributed by atoms with van der Waals surface area (Å²) < 4.78 is 28.0. The average molecular weight is 393 g/mol. The Balaban J connectivity index is 1.93. The Morgan fingerprint density at radius 2 is 1.54 bits per heavy atom. The first-order chi connectivity index (χ1) is 13.4. The number of nitrogens with zero attached hydrogens (tertiary/aromatic N) is 1. The second-order valence-corrected chi connectivity index (χ2v) is 8.78. The van der Waals surface area contributed by atoms with Crippen molar-refractivity contribution in [2.24, 2.45) is 0 Å². The fraction of sp³-hybridized carbons (Fsp3) is 0.136. The number of benzene rings is 3. The van der Waals surface area contributed by atoms with E-state index in [4.69, 9.17) is 0 Å². The van der Waals surface area contributed by atoms with Crippen LogP contribution in [0.15, 0.2) is 83.8 Å². The summed E-state index contributed by atoms with van der Waals surface area (Å²) in [6.45, 7) is 1.69. The molecule has 5 nitrogen and oxygen atoms in total. The van der Waals surface area contributed by atoms with Gasteiger partial charge in [0.05, 0.1) is 17.1 Å². The molecule has 28 heavy (non-hydrogen) atoms. The lowest BCUT2D eigenvalue weighted by Gasteiger charge is -2.26. The molecule has 3 aromatic rings. The van der Waals surface area contributed by atoms with Gasteiger partial charge in [0.15, 0.2) is 0 Å². The van der Waals surface area contributed by atoms with Crippen molar-refractivity contribution < 1.29 is 18.3 Å². The molecule has 0 saturated heterocycles. The van der Waals surface area contributed by atoms with E-state index < -0.39 is 21.4 Å². The van der Waals surface area contributed by atoms with Crippen LogP contribution in [-0.2, 0) is 20.2 Å². The maximum Gasteiger partial charge on any atom is 0.320 e. The van der Waals surface area contributed by atoms with Gasteiger partial charge in [-0.15, -0.1) is 0 Å². The van der Waals surface area contributed by atoms with Crippen molar-refractivity contribution in [3.8, 4) is 0 Å². The van der Waals surface area contributed by atoms with E-state index in [2.05, 4.69) is 0 Å². The van der Waals surface area contributed by atoms with Crippen LogP contribution in [0.25, 0.3) is 0 Å². The fourth-order valence-electron chi connectivity index (χ4n) is 3.77. The monoisotopic (exact) mass is 393 g/mol. The quantitative estimate of drug-likeness (QED) is 0.735. The highest BCUT2D eigenvalue weighted by Gasteiger charge is 2.53. The van der Waals surface area contributed by atoms with E-state index in [0.717, 1.165) is 5.56 Å². The van der Waals surface area contributed by atoms with Gasteiger partial charge < -0.3 is 5.11 Å². The molecule has 1 aliphatic heterocycles. The summed E-state index contributed by atoms with van der Waals surface area (Å²) in [4.78, 5) is 12.7. The number of aryl methyl sites for hydroxylation is 1. The molecule has 0 radical (unpaired) electrons. The Hall–Kier alpha value is -3.12. The molecule has 0 spiro atoms. The number of carbonyl (C=O) groups is 1. The predicted octanol–water partition coefficient (Wildman–Crippen LogP) is 3.57. The largest absolute Gasteiger partial charge is 0.480 e. The number of anilines is 1. The van der Waals surface area contributed by atoms with E-state index in [9.17, 15) is 18.3 Å². The van der Waals surface area contributed by atoms with Gasteiger partial charge in [-0.05, 0) is 30.7 Å². The van der Waals surface area contributed by atoms with Crippen molar-refractivity contribution in [1.29, 1.82) is 0 Å². The van der Waals surface area contributed by atoms with Crippen molar-refractivity contribution in [3.05, 3.63) is 95.6 Å². The summed E-state index contributed by atoms with van der Waals surface area (Å²) in [6.07, 6.45) is 0. The second kappa shape index (κ2) is 6.49. The van der Waals surface area contributed by atoms with Gasteiger partial charge in [-0.1, -0.05) is 66.2 Å². The lowest BCUT2D eigenvalue weighted by molar-refractivity contribution is -0.141. The molecule has 6 heteroatoms. The standard InChI is InChI=1S/C22H19NO4S/c1-16-11-13-18(14-12-16)28(26,27)23-15-22(21(24)25,17-7-3-2-4-8-17)19-9-5-6-10-20(19)23/h2-14H,15H2,1H3,(H,24,25). The number of para-hydroxylation sites is 1. The molecular formula is C22H19NO4S. The number of carboxylic acids is 1. The maximum absolute atomic E-state index is 13.4. The number of rotatable bonds is 4. The first-order valence-electron chi connectivity index (χ1n) is 8.85. The number of fused-ring (bicyclic) bond motifs is 1. The van der Waals surface area contributed by atoms with Crippen LogP contribution < -0.4 is 4.31 Å². The zero-order chi connectivity index (χ0) is 19.9. The Morgan fingerprint density at radius 1 is 0.929 bits per heavy atom. The molecule has 1 aliphatic rings. The molecule has 1 atom stereocenters. The van der Waals surface area contributed by atoms with Crippen LogP contribution in [0.5, 0.6) is 0 Å². The summed E-state index contributed by atoms with van der Waals surface area (Å²) in [5, 5.41) is 10.2. The molecule has 0 bridgehead atoms. The molecule has 0 fully saturated rings. The lowest BCUT2D eigenvalue weighted by Crippen LogP contribution is -2.43. The number of hydrogen-bond donors (Lipinski definition) is 1. The third kappa shape index (κ3) is 2.60. The van der Waals surface area contributed by atoms with Gasteiger partial charge in [-0.25, -0.2) is 8.42 Å². The third-order valence-electron chi connectivity index (χ3n) is 5.25. The number of hydrogen-bond acceptors (Lipinski definition) is 3. The van der Waals surface area contributed by atoms with Crippen molar-refractivity contribution in [2.45, 2.75) is 17.2 Å². The third-order valence-corrected chi connectivity index (χ3v) is 7.03. The second-order valence-electron chi connectivity index (χ2n) is 6.92. The first kappa shape index (κ1) is 18.3. The number of sulfonamides is 1. The Kier molecular flexibility index (Phi) is 4.23. The minimum atomic E-state index is -3.91. The molecule has 3 aromatic carbocycles. The van der Waals surface area contributed by atoms with Crippen LogP contribution in [0.2, 0.25) is 0 Å². The van der Waals surface area contributed by atoms with E-state index in [0.29, 0.717) is 16.8 Å². The highest BCUT2D eigenvalue weighted by atomic mass is 32.2. The number of carboxylic acid groups (broad SMARTS) is 1. The van der Waals surface area contributed by atoms with Crippen LogP contribution in [0, 0.1) is 6.92 Å². The molecule has 1 unspecified atom stereocenters. The van der Waals surface area contributed by atoms with Crippen molar-refractivity contribution in [1.82, 2.24) is 0 Å². The Morgan fingerprint density at radius 3 is 2.18 bits per heavy atom. The van der Waals surface area contributed by atoms with Gasteiger partial charge in [0.2, 0.25) is 0 Å². The molecule has 142 valence electrons. The lowest BCUT2D eigenvalue weighted by atomic mass is 9.76. The molecule has 0 amide bonds. The summed E-state index contributed by atoms with van der Waals surface area (Å²) >= 11 is 0. The topological polar surface area (TPSA) is 74.7 Å². The van der Waals surface area contributed by atoms with E-state index in [-0.39, 0.29) is 11.4 Å². The van der Waals surface area contributed by atoms with Crippen LogP contribution >= 0.6 is 0 Å². The van der Waals surface area contributed by atoms with Gasteiger partial charge >= 0.3 is 5.97 Å². The molecule has 0 aromatic heterocycles. The van der Waals surface area contributed by atoms with E-state index in [1.165, 1.54) is 4.31 Å². The fourth-order valence-corrected chi connectivity index (χ4v) is 5.28. The summed E-state index contributed by atoms with van der Waals surface area (Å²) in [5.41, 5.74) is 0.913. The normalized spacial score (nSPS) is 18.7. The first-order valence-corrected chi connectivity index (χ1v) is 10.3. The van der Waals surface area contributed by atoms with E-state index in [1.807, 2.05) is 6.92 Å². The van der Waals surface area contributed by atoms with Gasteiger partial charge in [-0.3, -0.25) is 9.10 Å². The van der Waals surface area contributed by atoms with Gasteiger partial charge in [0.25, 0.3) is 10.0 Å². The minimum absolute atomic E-state index is 0.141. The molecule has 1 N–H and O–H groups in total. The number of aliphatic carboxylic acids is 1. The SMILES string of the molecule is Cc1ccc(S(=O)(=O)N2CC(C(=O)O)(c3ccccc3)c3ccccc32)cc1. The maximum atomic E-state index is 13.4. The Bertz CT molecular complexity index is 1140. The van der Waals surface area contributed by atoms with Crippen LogP contribution in [-0.4, -0.2) is 26.0 Å². The molecule has 4 rings (SSSR count). The van der Waals surface area contributed by atoms with E-state index >= 15 is 0 Å². The highest BCUT2D eigenvalue weighted by molar-refractivity contribution is 7.92. The highest BCUT2D eigenvalue weighted by Crippen LogP contribution is 2.47.